The lowest BCUT2D eigenvalue weighted by Gasteiger charge is -2.40. The summed E-state index contributed by atoms with van der Waals surface area (Å²) < 4.78 is 40.9. The summed E-state index contributed by atoms with van der Waals surface area (Å²) in [6.07, 6.45) is 3.07. The van der Waals surface area contributed by atoms with Gasteiger partial charge in [-0.1, -0.05) is 12.1 Å². The van der Waals surface area contributed by atoms with Crippen molar-refractivity contribution in [3.63, 3.8) is 0 Å². The van der Waals surface area contributed by atoms with Gasteiger partial charge in [-0.3, -0.25) is 4.90 Å². The van der Waals surface area contributed by atoms with Gasteiger partial charge in [0.15, 0.2) is 21.3 Å². The molecule has 0 fully saturated rings. The summed E-state index contributed by atoms with van der Waals surface area (Å²) in [6, 6.07) is 17.6. The Morgan fingerprint density at radius 1 is 1.00 bits per heavy atom. The van der Waals surface area contributed by atoms with Crippen molar-refractivity contribution in [3.8, 4) is 17.2 Å². The van der Waals surface area contributed by atoms with Gasteiger partial charge in [0, 0.05) is 42.0 Å². The van der Waals surface area contributed by atoms with E-state index >= 15 is 0 Å². The number of ether oxygens (including phenoxy) is 3. The number of aromatic amines is 1. The highest BCUT2D eigenvalue weighted by Crippen LogP contribution is 2.44. The lowest BCUT2D eigenvalue weighted by Crippen LogP contribution is -2.39. The van der Waals surface area contributed by atoms with E-state index in [1.165, 1.54) is 34.0 Å². The molecule has 4 aromatic rings. The maximum atomic E-state index is 11.7. The van der Waals surface area contributed by atoms with Crippen molar-refractivity contribution in [1.82, 2.24) is 9.88 Å². The number of fused-ring (bicyclic) bond motifs is 6. The molecule has 0 saturated carbocycles. The van der Waals surface area contributed by atoms with E-state index in [0.717, 1.165) is 42.8 Å². The van der Waals surface area contributed by atoms with Crippen LogP contribution in [0, 0.1) is 0 Å². The van der Waals surface area contributed by atoms with Crippen molar-refractivity contribution >= 4 is 20.7 Å². The van der Waals surface area contributed by atoms with E-state index < -0.39 is 9.84 Å². The number of methoxy groups -OCH3 is 2. The second kappa shape index (κ2) is 9.11. The van der Waals surface area contributed by atoms with Crippen molar-refractivity contribution in [2.24, 2.45) is 0 Å². The molecule has 1 unspecified atom stereocenters. The smallest absolute Gasteiger partial charge is 0.175 e. The van der Waals surface area contributed by atoms with E-state index in [-0.39, 0.29) is 6.04 Å². The van der Waals surface area contributed by atoms with Crippen LogP contribution in [0.15, 0.2) is 59.5 Å². The first-order valence-electron chi connectivity index (χ1n) is 12.4. The van der Waals surface area contributed by atoms with Crippen LogP contribution in [0.3, 0.4) is 0 Å². The molecule has 3 aromatic carbocycles. The Morgan fingerprint density at radius 3 is 2.54 bits per heavy atom. The van der Waals surface area contributed by atoms with Gasteiger partial charge < -0.3 is 19.2 Å². The van der Waals surface area contributed by atoms with Crippen LogP contribution in [0.2, 0.25) is 0 Å². The lowest BCUT2D eigenvalue weighted by atomic mass is 9.85. The fourth-order valence-corrected chi connectivity index (χ4v) is 6.26. The number of nitrogens with one attached hydrogen (secondary N) is 1. The third-order valence-electron chi connectivity index (χ3n) is 7.60. The van der Waals surface area contributed by atoms with Gasteiger partial charge >= 0.3 is 0 Å². The van der Waals surface area contributed by atoms with Crippen molar-refractivity contribution in [2.75, 3.05) is 27.0 Å². The third kappa shape index (κ3) is 4.34. The van der Waals surface area contributed by atoms with Crippen molar-refractivity contribution in [1.29, 1.82) is 0 Å². The SMILES string of the molecule is COc1ccc2[nH]c3c(c2c1)CC1c2cc(OC)c(OCc4ccc(S(C)(=O)=O)cc4)cc2CCN1C3. The topological polar surface area (TPSA) is 80.9 Å². The molecule has 1 aromatic heterocycles. The molecule has 37 heavy (non-hydrogen) atoms. The third-order valence-corrected chi connectivity index (χ3v) is 8.73. The van der Waals surface area contributed by atoms with Gasteiger partial charge in [-0.2, -0.15) is 0 Å². The molecule has 1 N–H and O–H groups in total. The van der Waals surface area contributed by atoms with Gasteiger partial charge in [-0.15, -0.1) is 0 Å². The number of benzene rings is 3. The first-order valence-corrected chi connectivity index (χ1v) is 14.3. The van der Waals surface area contributed by atoms with Crippen LogP contribution < -0.4 is 14.2 Å². The minimum atomic E-state index is -3.22. The van der Waals surface area contributed by atoms with Crippen LogP contribution in [0.5, 0.6) is 17.2 Å². The molecule has 0 amide bonds. The first-order chi connectivity index (χ1) is 17.8. The van der Waals surface area contributed by atoms with Gasteiger partial charge in [0.05, 0.1) is 19.1 Å². The first kappa shape index (κ1) is 23.9. The number of rotatable bonds is 6. The number of sulfone groups is 1. The van der Waals surface area contributed by atoms with Crippen molar-refractivity contribution in [3.05, 3.63) is 82.5 Å². The number of nitrogens with zero attached hydrogens (tertiary/aromatic N) is 1. The standard InChI is InChI=1S/C29H30N2O5S/c1-34-20-6-9-25-23(13-20)24-14-27-22-15-28(35-2)29(12-19(22)10-11-31(27)16-26(24)30-25)36-17-18-4-7-21(8-5-18)37(3,32)33/h4-9,12-13,15,27,30H,10-11,14,16-17H2,1-3H3. The normalized spacial score (nSPS) is 17.1. The van der Waals surface area contributed by atoms with Gasteiger partial charge in [0.1, 0.15) is 12.4 Å². The Labute approximate surface area is 216 Å². The molecule has 0 bridgehead atoms. The minimum Gasteiger partial charge on any atom is -0.497 e. The molecular weight excluding hydrogens is 488 g/mol. The predicted molar refractivity (Wildman–Crippen MR) is 142 cm³/mol. The minimum absolute atomic E-state index is 0.271. The number of hydrogen-bond donors (Lipinski definition) is 1. The van der Waals surface area contributed by atoms with E-state index in [2.05, 4.69) is 34.1 Å². The highest BCUT2D eigenvalue weighted by Gasteiger charge is 2.34. The Balaban J connectivity index is 1.28. The van der Waals surface area contributed by atoms with E-state index in [4.69, 9.17) is 14.2 Å². The molecule has 2 aliphatic rings. The molecule has 0 saturated heterocycles. The number of hydrogen-bond acceptors (Lipinski definition) is 6. The monoisotopic (exact) mass is 518 g/mol. The molecule has 8 heteroatoms. The quantitative estimate of drug-likeness (QED) is 0.394. The maximum absolute atomic E-state index is 11.7. The van der Waals surface area contributed by atoms with E-state index in [1.54, 1.807) is 38.5 Å². The van der Waals surface area contributed by atoms with Gasteiger partial charge in [-0.05, 0) is 77.6 Å². The van der Waals surface area contributed by atoms with Crippen LogP contribution >= 0.6 is 0 Å². The molecular formula is C29H30N2O5S. The lowest BCUT2D eigenvalue weighted by molar-refractivity contribution is 0.158. The Morgan fingerprint density at radius 2 is 1.81 bits per heavy atom. The van der Waals surface area contributed by atoms with Crippen molar-refractivity contribution in [2.45, 2.75) is 36.9 Å². The molecule has 3 heterocycles. The fraction of sp³-hybridized carbons (Fsp3) is 0.310. The second-order valence-electron chi connectivity index (χ2n) is 9.84. The average molecular weight is 519 g/mol. The molecule has 1 atom stereocenters. The fourth-order valence-electron chi connectivity index (χ4n) is 5.63. The summed E-state index contributed by atoms with van der Waals surface area (Å²) >= 11 is 0. The van der Waals surface area contributed by atoms with E-state index in [1.807, 2.05) is 6.07 Å². The van der Waals surface area contributed by atoms with Crippen LogP contribution in [-0.2, 0) is 35.8 Å². The molecule has 0 spiro atoms. The van der Waals surface area contributed by atoms with Crippen molar-refractivity contribution < 1.29 is 22.6 Å². The van der Waals surface area contributed by atoms with Gasteiger partial charge in [0.25, 0.3) is 0 Å². The summed E-state index contributed by atoms with van der Waals surface area (Å²) in [7, 11) is 0.151. The molecule has 0 radical (unpaired) electrons. The molecule has 192 valence electrons. The average Bonchev–Trinajstić information content (AvgIpc) is 3.26. The van der Waals surface area contributed by atoms with E-state index in [9.17, 15) is 8.42 Å². The Hall–Kier alpha value is -3.49. The summed E-state index contributed by atoms with van der Waals surface area (Å²) in [4.78, 5) is 6.47. The van der Waals surface area contributed by atoms with E-state index in [0.29, 0.717) is 23.0 Å². The Kier molecular flexibility index (Phi) is 5.88. The second-order valence-corrected chi connectivity index (χ2v) is 11.9. The zero-order valence-corrected chi connectivity index (χ0v) is 22.0. The molecule has 7 nitrogen and oxygen atoms in total. The molecule has 0 aliphatic carbocycles. The van der Waals surface area contributed by atoms with Crippen LogP contribution in [-0.4, -0.2) is 45.3 Å². The predicted octanol–water partition coefficient (Wildman–Crippen LogP) is 4.82. The van der Waals surface area contributed by atoms with Crippen LogP contribution in [0.25, 0.3) is 10.9 Å². The highest BCUT2D eigenvalue weighted by molar-refractivity contribution is 7.90. The summed E-state index contributed by atoms with van der Waals surface area (Å²) in [5, 5.41) is 1.23. The Bertz CT molecular complexity index is 1590. The summed E-state index contributed by atoms with van der Waals surface area (Å²) in [5.41, 5.74) is 7.27. The largest absolute Gasteiger partial charge is 0.497 e. The number of H-pyrrole nitrogens is 1. The summed E-state index contributed by atoms with van der Waals surface area (Å²) in [6.45, 7) is 2.20. The molecule has 6 rings (SSSR count). The van der Waals surface area contributed by atoms with Crippen LogP contribution in [0.4, 0.5) is 0 Å². The van der Waals surface area contributed by atoms with Gasteiger partial charge in [0.2, 0.25) is 0 Å². The zero-order valence-electron chi connectivity index (χ0n) is 21.2. The number of aromatic nitrogens is 1. The maximum Gasteiger partial charge on any atom is 0.175 e. The van der Waals surface area contributed by atoms with Crippen LogP contribution in [0.1, 0.15) is 34.0 Å². The molecule has 2 aliphatic heterocycles. The van der Waals surface area contributed by atoms with Gasteiger partial charge in [-0.25, -0.2) is 8.42 Å². The highest BCUT2D eigenvalue weighted by atomic mass is 32.2. The zero-order chi connectivity index (χ0) is 25.7. The summed E-state index contributed by atoms with van der Waals surface area (Å²) in [5.74, 6) is 2.28.